The van der Waals surface area contributed by atoms with Gasteiger partial charge in [-0.25, -0.2) is 0 Å². The van der Waals surface area contributed by atoms with Crippen LogP contribution in [-0.2, 0) is 0 Å². The third-order valence-corrected chi connectivity index (χ3v) is 2.92. The van der Waals surface area contributed by atoms with Crippen LogP contribution in [0.4, 0.5) is 5.69 Å². The Labute approximate surface area is 125 Å². The number of nitrogens with one attached hydrogen (secondary N) is 1. The van der Waals surface area contributed by atoms with Crippen LogP contribution >= 0.6 is 11.6 Å². The molecule has 0 aliphatic rings. The molecule has 0 aromatic heterocycles. The van der Waals surface area contributed by atoms with Crippen molar-refractivity contribution >= 4 is 23.0 Å². The van der Waals surface area contributed by atoms with Gasteiger partial charge in [-0.2, -0.15) is 0 Å². The van der Waals surface area contributed by atoms with Gasteiger partial charge in [0, 0.05) is 10.7 Å². The molecule has 0 saturated heterocycles. The molecule has 2 aromatic carbocycles. The Morgan fingerprint density at radius 2 is 1.86 bits per heavy atom. The highest BCUT2D eigenvalue weighted by Gasteiger charge is 2.19. The van der Waals surface area contributed by atoms with Crippen LogP contribution in [0.3, 0.4) is 0 Å². The average molecular weight is 307 g/mol. The lowest BCUT2D eigenvalue weighted by atomic mass is 10.1. The number of rotatable bonds is 4. The highest BCUT2D eigenvalue weighted by molar-refractivity contribution is 6.30. The molecule has 0 aliphatic heterocycles. The monoisotopic (exact) mass is 306 g/mol. The smallest absolute Gasteiger partial charge is 0.296 e. The Balaban J connectivity index is 2.34. The van der Waals surface area contributed by atoms with Gasteiger partial charge in [-0.05, 0) is 42.5 Å². The van der Waals surface area contributed by atoms with Gasteiger partial charge in [0.15, 0.2) is 0 Å². The Bertz CT molecular complexity index is 699. The summed E-state index contributed by atoms with van der Waals surface area (Å²) in [5.74, 6) is -0.476. The topological polar surface area (TPSA) is 95.6 Å². The number of aromatic hydroxyl groups is 2. The lowest BCUT2D eigenvalue weighted by Crippen LogP contribution is -2.01. The number of anilines is 1. The van der Waals surface area contributed by atoms with Crippen LogP contribution in [0.2, 0.25) is 5.02 Å². The van der Waals surface area contributed by atoms with Gasteiger partial charge in [0.05, 0.1) is 16.7 Å². The quantitative estimate of drug-likeness (QED) is 0.457. The molecule has 0 aliphatic carbocycles. The predicted octanol–water partition coefficient (Wildman–Crippen LogP) is 3.44. The number of benzene rings is 2. The Kier molecular flexibility index (Phi) is 4.30. The molecule has 2 aromatic rings. The van der Waals surface area contributed by atoms with Gasteiger partial charge in [-0.1, -0.05) is 11.6 Å². The van der Waals surface area contributed by atoms with Gasteiger partial charge in [0.2, 0.25) is 0 Å². The van der Waals surface area contributed by atoms with Gasteiger partial charge in [-0.15, -0.1) is 0 Å². The van der Waals surface area contributed by atoms with E-state index in [1.54, 1.807) is 24.3 Å². The number of phenolic OH excluding ortho intramolecular Hbond substituents is 2. The molecule has 0 bridgehead atoms. The fourth-order valence-electron chi connectivity index (χ4n) is 1.66. The van der Waals surface area contributed by atoms with E-state index < -0.39 is 4.92 Å². The first kappa shape index (κ1) is 14.7. The van der Waals surface area contributed by atoms with E-state index in [0.717, 1.165) is 12.3 Å². The molecule has 7 heteroatoms. The molecule has 21 heavy (non-hydrogen) atoms. The normalized spacial score (nSPS) is 11.2. The number of nitro groups is 1. The summed E-state index contributed by atoms with van der Waals surface area (Å²) in [6, 6.07) is 10.1. The molecule has 0 atom stereocenters. The first-order chi connectivity index (χ1) is 9.97. The zero-order chi connectivity index (χ0) is 15.4. The van der Waals surface area contributed by atoms with Crippen molar-refractivity contribution in [3.63, 3.8) is 0 Å². The van der Waals surface area contributed by atoms with E-state index >= 15 is 0 Å². The van der Waals surface area contributed by atoms with Crippen LogP contribution in [0.5, 0.6) is 11.5 Å². The standard InChI is InChI=1S/C14H11ClN2O4/c15-9-1-3-10(4-2-9)16-8-13(17(20)21)12-7-11(18)5-6-14(12)19/h1-8,16,18-19H/b13-8-. The Hall–Kier alpha value is -2.73. The molecule has 0 fully saturated rings. The summed E-state index contributed by atoms with van der Waals surface area (Å²) >= 11 is 5.75. The number of hydrogen-bond acceptors (Lipinski definition) is 5. The fourth-order valence-corrected chi connectivity index (χ4v) is 1.78. The van der Waals surface area contributed by atoms with Gasteiger partial charge < -0.3 is 15.5 Å². The molecule has 0 unspecified atom stereocenters. The van der Waals surface area contributed by atoms with Crippen molar-refractivity contribution in [3.8, 4) is 11.5 Å². The maximum absolute atomic E-state index is 11.1. The lowest BCUT2D eigenvalue weighted by molar-refractivity contribution is -0.375. The zero-order valence-corrected chi connectivity index (χ0v) is 11.4. The van der Waals surface area contributed by atoms with Gasteiger partial charge in [-0.3, -0.25) is 10.1 Å². The molecular weight excluding hydrogens is 296 g/mol. The number of hydrogen-bond donors (Lipinski definition) is 3. The van der Waals surface area contributed by atoms with E-state index in [4.69, 9.17) is 11.6 Å². The van der Waals surface area contributed by atoms with E-state index in [9.17, 15) is 20.3 Å². The van der Waals surface area contributed by atoms with Crippen molar-refractivity contribution < 1.29 is 15.1 Å². The van der Waals surface area contributed by atoms with Crippen molar-refractivity contribution in [1.29, 1.82) is 0 Å². The van der Waals surface area contributed by atoms with Crippen LogP contribution < -0.4 is 5.32 Å². The molecule has 0 radical (unpaired) electrons. The van der Waals surface area contributed by atoms with E-state index in [0.29, 0.717) is 10.7 Å². The first-order valence-electron chi connectivity index (χ1n) is 5.86. The van der Waals surface area contributed by atoms with E-state index in [1.165, 1.54) is 12.1 Å². The van der Waals surface area contributed by atoms with Crippen molar-refractivity contribution in [2.45, 2.75) is 0 Å². The summed E-state index contributed by atoms with van der Waals surface area (Å²) in [6.07, 6.45) is 1.14. The highest BCUT2D eigenvalue weighted by Crippen LogP contribution is 2.29. The summed E-state index contributed by atoms with van der Waals surface area (Å²) in [6.45, 7) is 0. The third-order valence-electron chi connectivity index (χ3n) is 2.67. The summed E-state index contributed by atoms with van der Waals surface area (Å²) in [4.78, 5) is 10.5. The number of phenols is 2. The summed E-state index contributed by atoms with van der Waals surface area (Å²) in [5.41, 5.74) is 0.137. The zero-order valence-electron chi connectivity index (χ0n) is 10.7. The number of nitrogens with zero attached hydrogens (tertiary/aromatic N) is 1. The van der Waals surface area contributed by atoms with E-state index in [1.807, 2.05) is 0 Å². The molecule has 2 rings (SSSR count). The summed E-state index contributed by atoms with van der Waals surface area (Å²) in [5, 5.41) is 33.5. The molecular formula is C14H11ClN2O4. The average Bonchev–Trinajstić information content (AvgIpc) is 2.44. The molecule has 108 valence electrons. The Morgan fingerprint density at radius 1 is 1.19 bits per heavy atom. The van der Waals surface area contributed by atoms with Crippen LogP contribution in [0.15, 0.2) is 48.7 Å². The minimum atomic E-state index is -0.655. The predicted molar refractivity (Wildman–Crippen MR) is 79.8 cm³/mol. The largest absolute Gasteiger partial charge is 0.508 e. The van der Waals surface area contributed by atoms with Crippen LogP contribution in [0.1, 0.15) is 5.56 Å². The van der Waals surface area contributed by atoms with E-state index in [2.05, 4.69) is 5.32 Å². The maximum Gasteiger partial charge on any atom is 0.296 e. The van der Waals surface area contributed by atoms with Crippen molar-refractivity contribution in [2.24, 2.45) is 0 Å². The second-order valence-corrected chi connectivity index (χ2v) is 4.58. The van der Waals surface area contributed by atoms with Crippen LogP contribution in [-0.4, -0.2) is 15.1 Å². The lowest BCUT2D eigenvalue weighted by Gasteiger charge is -2.05. The maximum atomic E-state index is 11.1. The van der Waals surface area contributed by atoms with Gasteiger partial charge in [0.1, 0.15) is 11.5 Å². The third kappa shape index (κ3) is 3.64. The van der Waals surface area contributed by atoms with E-state index in [-0.39, 0.29) is 22.8 Å². The van der Waals surface area contributed by atoms with Crippen LogP contribution in [0, 0.1) is 10.1 Å². The molecule has 6 nitrogen and oxygen atoms in total. The molecule has 0 saturated carbocycles. The first-order valence-corrected chi connectivity index (χ1v) is 6.24. The fraction of sp³-hybridized carbons (Fsp3) is 0. The second-order valence-electron chi connectivity index (χ2n) is 4.14. The minimum absolute atomic E-state index is 0.0820. The second kappa shape index (κ2) is 6.15. The van der Waals surface area contributed by atoms with Gasteiger partial charge in [0.25, 0.3) is 5.70 Å². The van der Waals surface area contributed by atoms with Crippen molar-refractivity contribution in [3.05, 3.63) is 69.4 Å². The van der Waals surface area contributed by atoms with Gasteiger partial charge >= 0.3 is 0 Å². The molecule has 0 amide bonds. The SMILES string of the molecule is O=[N+]([O-])/C(=C\Nc1ccc(Cl)cc1)c1cc(O)ccc1O. The van der Waals surface area contributed by atoms with Crippen molar-refractivity contribution in [1.82, 2.24) is 0 Å². The number of halogens is 1. The minimum Gasteiger partial charge on any atom is -0.508 e. The highest BCUT2D eigenvalue weighted by atomic mass is 35.5. The molecule has 0 heterocycles. The van der Waals surface area contributed by atoms with Crippen LogP contribution in [0.25, 0.3) is 5.70 Å². The van der Waals surface area contributed by atoms with Crippen molar-refractivity contribution in [2.75, 3.05) is 5.32 Å². The molecule has 3 N–H and O–H groups in total. The Morgan fingerprint density at radius 3 is 2.48 bits per heavy atom. The summed E-state index contributed by atoms with van der Waals surface area (Å²) in [7, 11) is 0. The summed E-state index contributed by atoms with van der Waals surface area (Å²) < 4.78 is 0. The molecule has 0 spiro atoms.